The van der Waals surface area contributed by atoms with Gasteiger partial charge in [0, 0.05) is 25.8 Å². The molecule has 0 amide bonds. The number of rotatable bonds is 5. The van der Waals surface area contributed by atoms with E-state index in [0.29, 0.717) is 19.0 Å². The van der Waals surface area contributed by atoms with Gasteiger partial charge in [0.1, 0.15) is 5.82 Å². The molecule has 1 aromatic rings. The molecule has 1 aliphatic rings. The van der Waals surface area contributed by atoms with E-state index >= 15 is 0 Å². The summed E-state index contributed by atoms with van der Waals surface area (Å²) in [6.07, 6.45) is 4.35. The highest BCUT2D eigenvalue weighted by Crippen LogP contribution is 2.18. The zero-order valence-electron chi connectivity index (χ0n) is 12.1. The summed E-state index contributed by atoms with van der Waals surface area (Å²) in [7, 11) is 0. The highest BCUT2D eigenvalue weighted by Gasteiger charge is 2.13. The zero-order valence-corrected chi connectivity index (χ0v) is 12.1. The number of aliphatic imine (C=N–C) groups is 1. The van der Waals surface area contributed by atoms with Gasteiger partial charge in [0.15, 0.2) is 5.96 Å². The van der Waals surface area contributed by atoms with Gasteiger partial charge in [-0.15, -0.1) is 0 Å². The van der Waals surface area contributed by atoms with Gasteiger partial charge in [-0.05, 0) is 37.5 Å². The van der Waals surface area contributed by atoms with E-state index in [0.717, 1.165) is 30.0 Å². The first-order valence-corrected chi connectivity index (χ1v) is 7.03. The molecule has 3 N–H and O–H groups in total. The minimum absolute atomic E-state index is 0.451. The van der Waals surface area contributed by atoms with Crippen LogP contribution in [0.1, 0.15) is 25.3 Å². The monoisotopic (exact) mass is 273 g/mol. The van der Waals surface area contributed by atoms with Gasteiger partial charge in [-0.2, -0.15) is 0 Å². The predicted octanol–water partition coefficient (Wildman–Crippen LogP) is 1.66. The van der Waals surface area contributed by atoms with E-state index in [1.807, 2.05) is 19.2 Å². The van der Waals surface area contributed by atoms with Crippen molar-refractivity contribution < 1.29 is 0 Å². The number of aromatic nitrogens is 1. The van der Waals surface area contributed by atoms with Crippen LogP contribution in [0.15, 0.2) is 35.5 Å². The Morgan fingerprint density at radius 3 is 2.95 bits per heavy atom. The normalized spacial score (nSPS) is 15.4. The zero-order chi connectivity index (χ0) is 14.4. The van der Waals surface area contributed by atoms with E-state index in [1.165, 1.54) is 12.8 Å². The molecule has 5 nitrogen and oxygen atoms in total. The smallest absolute Gasteiger partial charge is 0.189 e. The van der Waals surface area contributed by atoms with Gasteiger partial charge in [0.05, 0.1) is 6.54 Å². The highest BCUT2D eigenvalue weighted by atomic mass is 15.2. The molecule has 0 atom stereocenters. The SMILES string of the molecule is C=C(C)CNC(N)=NCc1ccnc(N2CCCC2)c1. The molecular weight excluding hydrogens is 250 g/mol. The Balaban J connectivity index is 1.93. The molecule has 2 rings (SSSR count). The Kier molecular flexibility index (Phi) is 4.98. The van der Waals surface area contributed by atoms with Gasteiger partial charge in [-0.25, -0.2) is 9.98 Å². The summed E-state index contributed by atoms with van der Waals surface area (Å²) < 4.78 is 0. The minimum Gasteiger partial charge on any atom is -0.370 e. The molecule has 2 heterocycles. The molecule has 1 fully saturated rings. The topological polar surface area (TPSA) is 66.5 Å². The van der Waals surface area contributed by atoms with Crippen LogP contribution in [0.4, 0.5) is 5.82 Å². The maximum absolute atomic E-state index is 5.80. The first-order valence-electron chi connectivity index (χ1n) is 7.03. The summed E-state index contributed by atoms with van der Waals surface area (Å²) >= 11 is 0. The summed E-state index contributed by atoms with van der Waals surface area (Å²) in [5.74, 6) is 1.50. The maximum Gasteiger partial charge on any atom is 0.189 e. The van der Waals surface area contributed by atoms with Crippen LogP contribution < -0.4 is 16.0 Å². The second kappa shape index (κ2) is 6.93. The van der Waals surface area contributed by atoms with Gasteiger partial charge in [-0.3, -0.25) is 0 Å². The third-order valence-corrected chi connectivity index (χ3v) is 3.24. The third-order valence-electron chi connectivity index (χ3n) is 3.24. The lowest BCUT2D eigenvalue weighted by atomic mass is 10.2. The number of nitrogens with zero attached hydrogens (tertiary/aromatic N) is 3. The van der Waals surface area contributed by atoms with Crippen LogP contribution in [0.3, 0.4) is 0 Å². The molecule has 0 aliphatic carbocycles. The third kappa shape index (κ3) is 4.26. The Morgan fingerprint density at radius 1 is 1.50 bits per heavy atom. The van der Waals surface area contributed by atoms with E-state index in [2.05, 4.69) is 32.8 Å². The first kappa shape index (κ1) is 14.4. The van der Waals surface area contributed by atoms with E-state index in [1.54, 1.807) is 0 Å². The number of anilines is 1. The number of hydrogen-bond acceptors (Lipinski definition) is 3. The maximum atomic E-state index is 5.80. The van der Waals surface area contributed by atoms with Crippen LogP contribution in [-0.4, -0.2) is 30.6 Å². The van der Waals surface area contributed by atoms with Gasteiger partial charge in [0.25, 0.3) is 0 Å². The molecule has 20 heavy (non-hydrogen) atoms. The molecule has 0 bridgehead atoms. The van der Waals surface area contributed by atoms with E-state index in [4.69, 9.17) is 5.73 Å². The van der Waals surface area contributed by atoms with Crippen molar-refractivity contribution in [3.63, 3.8) is 0 Å². The van der Waals surface area contributed by atoms with E-state index in [9.17, 15) is 0 Å². The lowest BCUT2D eigenvalue weighted by Crippen LogP contribution is -2.32. The lowest BCUT2D eigenvalue weighted by molar-refractivity contribution is 0.919. The highest BCUT2D eigenvalue weighted by molar-refractivity contribution is 5.78. The first-order chi connectivity index (χ1) is 9.65. The summed E-state index contributed by atoms with van der Waals surface area (Å²) in [5, 5.41) is 3.02. The van der Waals surface area contributed by atoms with Crippen molar-refractivity contribution in [2.45, 2.75) is 26.3 Å². The number of nitrogens with one attached hydrogen (secondary N) is 1. The van der Waals surface area contributed by atoms with Crippen molar-refractivity contribution in [1.29, 1.82) is 0 Å². The van der Waals surface area contributed by atoms with Crippen LogP contribution in [0.25, 0.3) is 0 Å². The lowest BCUT2D eigenvalue weighted by Gasteiger charge is -2.16. The number of nitrogens with two attached hydrogens (primary N) is 1. The minimum atomic E-state index is 0.451. The molecule has 0 saturated carbocycles. The summed E-state index contributed by atoms with van der Waals surface area (Å²) in [4.78, 5) is 11.1. The summed E-state index contributed by atoms with van der Waals surface area (Å²) in [6.45, 7) is 9.19. The molecule has 5 heteroatoms. The fraction of sp³-hybridized carbons (Fsp3) is 0.467. The van der Waals surface area contributed by atoms with Crippen LogP contribution in [0.2, 0.25) is 0 Å². The predicted molar refractivity (Wildman–Crippen MR) is 83.8 cm³/mol. The van der Waals surface area contributed by atoms with Crippen molar-refractivity contribution in [3.8, 4) is 0 Å². The number of guanidine groups is 1. The van der Waals surface area contributed by atoms with E-state index < -0.39 is 0 Å². The van der Waals surface area contributed by atoms with Crippen molar-refractivity contribution in [2.24, 2.45) is 10.7 Å². The largest absolute Gasteiger partial charge is 0.370 e. The number of pyridine rings is 1. The molecule has 108 valence electrons. The molecule has 1 aliphatic heterocycles. The van der Waals surface area contributed by atoms with Gasteiger partial charge >= 0.3 is 0 Å². The Morgan fingerprint density at radius 2 is 2.25 bits per heavy atom. The van der Waals surface area contributed by atoms with Crippen molar-refractivity contribution in [2.75, 3.05) is 24.5 Å². The Labute approximate surface area is 120 Å². The fourth-order valence-electron chi connectivity index (χ4n) is 2.15. The van der Waals surface area contributed by atoms with Gasteiger partial charge < -0.3 is 16.0 Å². The van der Waals surface area contributed by atoms with Crippen molar-refractivity contribution in [3.05, 3.63) is 36.0 Å². The Hall–Kier alpha value is -2.04. The molecule has 0 unspecified atom stereocenters. The van der Waals surface area contributed by atoms with Crippen LogP contribution in [0.5, 0.6) is 0 Å². The molecule has 0 aromatic carbocycles. The van der Waals surface area contributed by atoms with Crippen LogP contribution in [0, 0.1) is 0 Å². The van der Waals surface area contributed by atoms with E-state index in [-0.39, 0.29) is 0 Å². The van der Waals surface area contributed by atoms with Crippen LogP contribution in [-0.2, 0) is 6.54 Å². The standard InChI is InChI=1S/C15H23N5/c1-12(2)10-18-15(16)19-11-13-5-6-17-14(9-13)20-7-3-4-8-20/h5-6,9H,1,3-4,7-8,10-11H2,2H3,(H3,16,18,19). The molecule has 1 saturated heterocycles. The molecular formula is C15H23N5. The fourth-order valence-corrected chi connectivity index (χ4v) is 2.15. The van der Waals surface area contributed by atoms with Crippen molar-refractivity contribution in [1.82, 2.24) is 10.3 Å². The van der Waals surface area contributed by atoms with Crippen molar-refractivity contribution >= 4 is 11.8 Å². The van der Waals surface area contributed by atoms with Crippen LogP contribution >= 0.6 is 0 Å². The molecule has 0 radical (unpaired) electrons. The summed E-state index contributed by atoms with van der Waals surface area (Å²) in [6, 6.07) is 4.08. The average molecular weight is 273 g/mol. The number of hydrogen-bond donors (Lipinski definition) is 2. The average Bonchev–Trinajstić information content (AvgIpc) is 2.97. The summed E-state index contributed by atoms with van der Waals surface area (Å²) in [5.41, 5.74) is 7.96. The van der Waals surface area contributed by atoms with Gasteiger partial charge in [-0.1, -0.05) is 12.2 Å². The second-order valence-electron chi connectivity index (χ2n) is 5.23. The molecule has 0 spiro atoms. The van der Waals surface area contributed by atoms with Gasteiger partial charge in [0.2, 0.25) is 0 Å². The second-order valence-corrected chi connectivity index (χ2v) is 5.23. The molecule has 1 aromatic heterocycles. The quantitative estimate of drug-likeness (QED) is 0.486. The Bertz CT molecular complexity index is 489.